The average Bonchev–Trinajstić information content (AvgIpc) is 2.60. The van der Waals surface area contributed by atoms with Crippen molar-refractivity contribution in [1.82, 2.24) is 4.57 Å². The van der Waals surface area contributed by atoms with E-state index in [1.165, 1.54) is 29.6 Å². The summed E-state index contributed by atoms with van der Waals surface area (Å²) in [5.74, 6) is -0.798. The van der Waals surface area contributed by atoms with E-state index in [2.05, 4.69) is 4.42 Å². The van der Waals surface area contributed by atoms with Crippen molar-refractivity contribution in [2.24, 2.45) is 7.05 Å². The largest absolute Gasteiger partial charge is 0.422 e. The molecule has 0 radical (unpaired) electrons. The molecule has 26 heavy (non-hydrogen) atoms. The van der Waals surface area contributed by atoms with Gasteiger partial charge in [-0.25, -0.2) is 18.0 Å². The number of anilines is 1. The van der Waals surface area contributed by atoms with Gasteiger partial charge in [0.2, 0.25) is 0 Å². The first kappa shape index (κ1) is 17.9. The van der Waals surface area contributed by atoms with E-state index in [1.54, 1.807) is 25.1 Å². The molecule has 0 amide bonds. The van der Waals surface area contributed by atoms with Gasteiger partial charge in [0.05, 0.1) is 21.5 Å². The third-order valence-electron chi connectivity index (χ3n) is 4.17. The molecule has 1 heterocycles. The molecule has 3 rings (SSSR count). The highest BCUT2D eigenvalue weighted by atomic mass is 32.2. The van der Waals surface area contributed by atoms with E-state index in [4.69, 9.17) is 0 Å². The van der Waals surface area contributed by atoms with Crippen molar-refractivity contribution in [2.75, 3.05) is 10.8 Å². The molecular weight excluding hydrogens is 356 g/mol. The summed E-state index contributed by atoms with van der Waals surface area (Å²) >= 11 is 0. The summed E-state index contributed by atoms with van der Waals surface area (Å²) in [7, 11) is -2.44. The van der Waals surface area contributed by atoms with Crippen molar-refractivity contribution in [3.8, 4) is 0 Å². The molecule has 7 nitrogen and oxygen atoms in total. The fourth-order valence-corrected chi connectivity index (χ4v) is 4.33. The number of sulfonamides is 1. The first-order valence-electron chi connectivity index (χ1n) is 7.99. The second kappa shape index (κ2) is 6.45. The number of aryl methyl sites for hydroxylation is 2. The van der Waals surface area contributed by atoms with Gasteiger partial charge in [0.1, 0.15) is 0 Å². The number of fused-ring (bicyclic) bond motifs is 1. The summed E-state index contributed by atoms with van der Waals surface area (Å²) in [6, 6.07) is 11.2. The molecule has 0 saturated carbocycles. The lowest BCUT2D eigenvalue weighted by molar-refractivity contribution is 0.432. The second-order valence-corrected chi connectivity index (χ2v) is 7.76. The lowest BCUT2D eigenvalue weighted by atomic mass is 10.2. The summed E-state index contributed by atoms with van der Waals surface area (Å²) in [5, 5.41) is 0.0356. The molecule has 0 bridgehead atoms. The lowest BCUT2D eigenvalue weighted by Gasteiger charge is -2.23. The summed E-state index contributed by atoms with van der Waals surface area (Å²) in [4.78, 5) is 23.5. The second-order valence-electron chi connectivity index (χ2n) is 5.90. The third kappa shape index (κ3) is 2.92. The molecule has 0 aliphatic heterocycles. The molecule has 3 aromatic rings. The molecule has 0 unspecified atom stereocenters. The van der Waals surface area contributed by atoms with Crippen LogP contribution in [0.25, 0.3) is 10.9 Å². The SMILES string of the molecule is CCN(c1cccc(C)c1)S(=O)(=O)c1ccc2c(c1)c(=O)oc(=O)n2C. The van der Waals surface area contributed by atoms with Gasteiger partial charge < -0.3 is 4.42 Å². The van der Waals surface area contributed by atoms with Crippen molar-refractivity contribution >= 4 is 26.6 Å². The topological polar surface area (TPSA) is 89.6 Å². The fraction of sp³-hybridized carbons (Fsp3) is 0.222. The lowest BCUT2D eigenvalue weighted by Crippen LogP contribution is -2.31. The molecule has 0 saturated heterocycles. The molecule has 8 heteroatoms. The molecule has 0 aliphatic carbocycles. The maximum absolute atomic E-state index is 13.1. The maximum Gasteiger partial charge on any atom is 0.422 e. The Morgan fingerprint density at radius 3 is 2.50 bits per heavy atom. The molecule has 2 aromatic carbocycles. The van der Waals surface area contributed by atoms with Crippen LogP contribution >= 0.6 is 0 Å². The summed E-state index contributed by atoms with van der Waals surface area (Å²) in [6.45, 7) is 3.84. The number of nitrogens with zero attached hydrogens (tertiary/aromatic N) is 2. The van der Waals surface area contributed by atoms with Gasteiger partial charge in [0.15, 0.2) is 0 Å². The maximum atomic E-state index is 13.1. The zero-order valence-electron chi connectivity index (χ0n) is 14.6. The molecule has 0 aliphatic rings. The van der Waals surface area contributed by atoms with Gasteiger partial charge >= 0.3 is 11.4 Å². The van der Waals surface area contributed by atoms with Gasteiger partial charge in [0, 0.05) is 13.6 Å². The Morgan fingerprint density at radius 1 is 1.12 bits per heavy atom. The summed E-state index contributed by atoms with van der Waals surface area (Å²) in [5.41, 5.74) is 0.924. The Kier molecular flexibility index (Phi) is 4.45. The number of aromatic nitrogens is 1. The Hall–Kier alpha value is -2.87. The van der Waals surface area contributed by atoms with Gasteiger partial charge in [0.25, 0.3) is 10.0 Å². The van der Waals surface area contributed by atoms with E-state index < -0.39 is 21.4 Å². The quantitative estimate of drug-likeness (QED) is 0.697. The molecule has 0 spiro atoms. The minimum atomic E-state index is -3.89. The van der Waals surface area contributed by atoms with Crippen LogP contribution in [0, 0.1) is 6.92 Å². The minimum absolute atomic E-state index is 0.0356. The molecule has 1 aromatic heterocycles. The molecule has 136 valence electrons. The summed E-state index contributed by atoms with van der Waals surface area (Å²) in [6.07, 6.45) is 0. The smallest absolute Gasteiger partial charge is 0.372 e. The van der Waals surface area contributed by atoms with Crippen molar-refractivity contribution in [1.29, 1.82) is 0 Å². The highest BCUT2D eigenvalue weighted by molar-refractivity contribution is 7.92. The van der Waals surface area contributed by atoms with Gasteiger partial charge in [-0.05, 0) is 49.7 Å². The van der Waals surface area contributed by atoms with Crippen LogP contribution in [0.2, 0.25) is 0 Å². The molecule has 0 atom stereocenters. The van der Waals surface area contributed by atoms with E-state index >= 15 is 0 Å². The van der Waals surface area contributed by atoms with Crippen LogP contribution in [-0.4, -0.2) is 19.5 Å². The van der Waals surface area contributed by atoms with Crippen LogP contribution in [0.1, 0.15) is 12.5 Å². The van der Waals surface area contributed by atoms with Crippen molar-refractivity contribution in [2.45, 2.75) is 18.7 Å². The Balaban J connectivity index is 2.20. The third-order valence-corrected chi connectivity index (χ3v) is 6.07. The van der Waals surface area contributed by atoms with E-state index in [-0.39, 0.29) is 16.8 Å². The van der Waals surface area contributed by atoms with E-state index in [0.717, 1.165) is 10.1 Å². The van der Waals surface area contributed by atoms with Crippen LogP contribution in [0.3, 0.4) is 0 Å². The Bertz CT molecular complexity index is 1210. The first-order chi connectivity index (χ1) is 12.3. The zero-order valence-corrected chi connectivity index (χ0v) is 15.4. The molecule has 0 fully saturated rings. The normalized spacial score (nSPS) is 11.7. The van der Waals surface area contributed by atoms with Crippen LogP contribution in [0.15, 0.2) is 61.4 Å². The van der Waals surface area contributed by atoms with E-state index in [1.807, 2.05) is 13.0 Å². The van der Waals surface area contributed by atoms with Crippen LogP contribution in [0.4, 0.5) is 5.69 Å². The first-order valence-corrected chi connectivity index (χ1v) is 9.43. The number of benzene rings is 2. The minimum Gasteiger partial charge on any atom is -0.372 e. The van der Waals surface area contributed by atoms with Crippen LogP contribution in [-0.2, 0) is 17.1 Å². The molecular formula is C18H18N2O5S. The number of hydrogen-bond donors (Lipinski definition) is 0. The van der Waals surface area contributed by atoms with Gasteiger partial charge in [-0.3, -0.25) is 8.87 Å². The predicted molar refractivity (Wildman–Crippen MR) is 99.1 cm³/mol. The van der Waals surface area contributed by atoms with Crippen LogP contribution in [0.5, 0.6) is 0 Å². The van der Waals surface area contributed by atoms with Crippen LogP contribution < -0.4 is 15.7 Å². The predicted octanol–water partition coefficient (Wildman–Crippen LogP) is 2.02. The van der Waals surface area contributed by atoms with E-state index in [0.29, 0.717) is 11.2 Å². The average molecular weight is 374 g/mol. The highest BCUT2D eigenvalue weighted by Crippen LogP contribution is 2.25. The summed E-state index contributed by atoms with van der Waals surface area (Å²) < 4.78 is 33.3. The van der Waals surface area contributed by atoms with E-state index in [9.17, 15) is 18.0 Å². The van der Waals surface area contributed by atoms with Gasteiger partial charge in [-0.15, -0.1) is 0 Å². The number of rotatable bonds is 4. The van der Waals surface area contributed by atoms with Gasteiger partial charge in [-0.1, -0.05) is 12.1 Å². The Labute approximate surface area is 150 Å². The monoisotopic (exact) mass is 374 g/mol. The van der Waals surface area contributed by atoms with Crippen molar-refractivity contribution < 1.29 is 12.8 Å². The Morgan fingerprint density at radius 2 is 1.85 bits per heavy atom. The zero-order chi connectivity index (χ0) is 19.1. The van der Waals surface area contributed by atoms with Gasteiger partial charge in [-0.2, -0.15) is 0 Å². The molecule has 0 N–H and O–H groups in total. The number of hydrogen-bond acceptors (Lipinski definition) is 5. The standard InChI is InChI=1S/C18H18N2O5S/c1-4-20(13-7-5-6-12(2)10-13)26(23,24)14-8-9-16-15(11-14)17(21)25-18(22)19(16)3/h5-11H,4H2,1-3H3. The fourth-order valence-electron chi connectivity index (χ4n) is 2.83. The van der Waals surface area contributed by atoms with Crippen molar-refractivity contribution in [3.05, 3.63) is 69.0 Å². The van der Waals surface area contributed by atoms with Crippen molar-refractivity contribution in [3.63, 3.8) is 0 Å². The highest BCUT2D eigenvalue weighted by Gasteiger charge is 2.24.